The van der Waals surface area contributed by atoms with Gasteiger partial charge in [-0.15, -0.1) is 11.3 Å². The van der Waals surface area contributed by atoms with Crippen LogP contribution in [0.15, 0.2) is 48.1 Å². The summed E-state index contributed by atoms with van der Waals surface area (Å²) >= 11 is 3.28. The Hall–Kier alpha value is -1.78. The van der Waals surface area contributed by atoms with E-state index >= 15 is 0 Å². The van der Waals surface area contributed by atoms with E-state index < -0.39 is 0 Å². The minimum absolute atomic E-state index is 1.06. The van der Waals surface area contributed by atoms with Gasteiger partial charge in [-0.2, -0.15) is 4.37 Å². The second-order valence-electron chi connectivity index (χ2n) is 4.04. The van der Waals surface area contributed by atoms with Crippen LogP contribution in [0.4, 0.5) is 0 Å². The summed E-state index contributed by atoms with van der Waals surface area (Å²) in [5.74, 6) is 0. The molecule has 4 heteroatoms. The second kappa shape index (κ2) is 3.86. The number of benzene rings is 1. The van der Waals surface area contributed by atoms with Crippen molar-refractivity contribution in [1.29, 1.82) is 0 Å². The highest BCUT2D eigenvalue weighted by molar-refractivity contribution is 7.17. The van der Waals surface area contributed by atoms with E-state index in [9.17, 15) is 0 Å². The fourth-order valence-electron chi connectivity index (χ4n) is 2.21. The van der Waals surface area contributed by atoms with Crippen molar-refractivity contribution >= 4 is 43.0 Å². The fourth-order valence-corrected chi connectivity index (χ4v) is 3.66. The Kier molecular flexibility index (Phi) is 2.18. The Morgan fingerprint density at radius 1 is 0.944 bits per heavy atom. The normalized spacial score (nSPS) is 11.3. The van der Waals surface area contributed by atoms with Crippen LogP contribution in [-0.2, 0) is 0 Å². The lowest BCUT2D eigenvalue weighted by atomic mass is 10.1. The molecule has 0 amide bonds. The highest BCUT2D eigenvalue weighted by Crippen LogP contribution is 2.34. The third-order valence-electron chi connectivity index (χ3n) is 3.03. The van der Waals surface area contributed by atoms with Crippen LogP contribution in [-0.4, -0.2) is 9.36 Å². The number of fused-ring (bicyclic) bond motifs is 2. The molecule has 0 radical (unpaired) electrons. The second-order valence-corrected chi connectivity index (χ2v) is 5.82. The monoisotopic (exact) mass is 268 g/mol. The maximum absolute atomic E-state index is 4.56. The van der Waals surface area contributed by atoms with Crippen molar-refractivity contribution < 1.29 is 0 Å². The summed E-state index contributed by atoms with van der Waals surface area (Å²) in [5, 5.41) is 4.52. The van der Waals surface area contributed by atoms with E-state index in [0.717, 1.165) is 5.69 Å². The molecule has 3 heterocycles. The molecule has 86 valence electrons. The van der Waals surface area contributed by atoms with Gasteiger partial charge >= 0.3 is 0 Å². The molecule has 4 aromatic rings. The molecule has 4 rings (SSSR count). The first-order valence-electron chi connectivity index (χ1n) is 5.59. The summed E-state index contributed by atoms with van der Waals surface area (Å²) in [5.41, 5.74) is 2.23. The van der Waals surface area contributed by atoms with Crippen LogP contribution < -0.4 is 0 Å². The molecule has 2 nitrogen and oxygen atoms in total. The SMILES string of the molecule is c1cc(-c2nccc3sccc23)c2cnsc2c1. The van der Waals surface area contributed by atoms with Gasteiger partial charge in [0.05, 0.1) is 10.4 Å². The summed E-state index contributed by atoms with van der Waals surface area (Å²) in [7, 11) is 0. The Labute approximate surface area is 112 Å². The molecule has 0 aliphatic rings. The van der Waals surface area contributed by atoms with Gasteiger partial charge in [-0.1, -0.05) is 12.1 Å². The molecule has 0 spiro atoms. The van der Waals surface area contributed by atoms with Gasteiger partial charge in [0.2, 0.25) is 0 Å². The predicted octanol–water partition coefficient (Wildman–Crippen LogP) is 4.57. The molecule has 0 aliphatic carbocycles. The molecule has 0 fully saturated rings. The Balaban J connectivity index is 2.13. The maximum Gasteiger partial charge on any atom is 0.0795 e. The van der Waals surface area contributed by atoms with Gasteiger partial charge in [-0.05, 0) is 35.1 Å². The van der Waals surface area contributed by atoms with Crippen LogP contribution in [0.5, 0.6) is 0 Å². The molecule has 0 unspecified atom stereocenters. The van der Waals surface area contributed by atoms with E-state index in [-0.39, 0.29) is 0 Å². The average molecular weight is 268 g/mol. The third kappa shape index (κ3) is 1.39. The minimum Gasteiger partial charge on any atom is -0.256 e. The smallest absolute Gasteiger partial charge is 0.0795 e. The Bertz CT molecular complexity index is 773. The van der Waals surface area contributed by atoms with Crippen LogP contribution in [0.2, 0.25) is 0 Å². The molecule has 0 bridgehead atoms. The average Bonchev–Trinajstić information content (AvgIpc) is 3.06. The Morgan fingerprint density at radius 3 is 2.94 bits per heavy atom. The van der Waals surface area contributed by atoms with Crippen molar-refractivity contribution in [2.24, 2.45) is 0 Å². The minimum atomic E-state index is 1.06. The fraction of sp³-hybridized carbons (Fsp3) is 0. The Morgan fingerprint density at radius 2 is 1.94 bits per heavy atom. The van der Waals surface area contributed by atoms with Crippen LogP contribution >= 0.6 is 22.9 Å². The lowest BCUT2D eigenvalue weighted by Gasteiger charge is -2.03. The highest BCUT2D eigenvalue weighted by Gasteiger charge is 2.10. The van der Waals surface area contributed by atoms with Crippen molar-refractivity contribution in [2.45, 2.75) is 0 Å². The van der Waals surface area contributed by atoms with Gasteiger partial charge in [-0.25, -0.2) is 0 Å². The topological polar surface area (TPSA) is 25.8 Å². The first kappa shape index (κ1) is 10.2. The zero-order valence-corrected chi connectivity index (χ0v) is 11.0. The lowest BCUT2D eigenvalue weighted by molar-refractivity contribution is 1.37. The molecular formula is C14H8N2S2. The number of rotatable bonds is 1. The van der Waals surface area contributed by atoms with Crippen LogP contribution in [0, 0.1) is 0 Å². The van der Waals surface area contributed by atoms with Crippen molar-refractivity contribution in [1.82, 2.24) is 9.36 Å². The molecule has 0 aliphatic heterocycles. The number of pyridine rings is 1. The zero-order chi connectivity index (χ0) is 11.9. The zero-order valence-electron chi connectivity index (χ0n) is 9.33. The first-order chi connectivity index (χ1) is 8.93. The number of nitrogens with zero attached hydrogens (tertiary/aromatic N) is 2. The van der Waals surface area contributed by atoms with E-state index in [0.29, 0.717) is 0 Å². The summed E-state index contributed by atoms with van der Waals surface area (Å²) in [6.07, 6.45) is 3.81. The molecular weight excluding hydrogens is 260 g/mol. The molecule has 0 saturated carbocycles. The largest absolute Gasteiger partial charge is 0.256 e. The molecule has 1 aromatic carbocycles. The van der Waals surface area contributed by atoms with Crippen molar-refractivity contribution in [2.75, 3.05) is 0 Å². The quantitative estimate of drug-likeness (QED) is 0.505. The van der Waals surface area contributed by atoms with E-state index in [2.05, 4.69) is 45.1 Å². The number of hydrogen-bond acceptors (Lipinski definition) is 4. The van der Waals surface area contributed by atoms with E-state index in [1.165, 1.54) is 37.3 Å². The summed E-state index contributed by atoms with van der Waals surface area (Å²) in [4.78, 5) is 4.56. The van der Waals surface area contributed by atoms with Gasteiger partial charge in [-0.3, -0.25) is 4.98 Å². The summed E-state index contributed by atoms with van der Waals surface area (Å²) in [6.45, 7) is 0. The number of hydrogen-bond donors (Lipinski definition) is 0. The first-order valence-corrected chi connectivity index (χ1v) is 7.25. The van der Waals surface area contributed by atoms with Crippen molar-refractivity contribution in [3.05, 3.63) is 48.1 Å². The molecule has 3 aromatic heterocycles. The van der Waals surface area contributed by atoms with Crippen LogP contribution in [0.3, 0.4) is 0 Å². The van der Waals surface area contributed by atoms with Gasteiger partial charge in [0.25, 0.3) is 0 Å². The van der Waals surface area contributed by atoms with Crippen molar-refractivity contribution in [3.63, 3.8) is 0 Å². The maximum atomic E-state index is 4.56. The summed E-state index contributed by atoms with van der Waals surface area (Å²) in [6, 6.07) is 10.5. The lowest BCUT2D eigenvalue weighted by Crippen LogP contribution is -1.83. The van der Waals surface area contributed by atoms with Gasteiger partial charge in [0.15, 0.2) is 0 Å². The van der Waals surface area contributed by atoms with E-state index in [1.54, 1.807) is 11.3 Å². The molecule has 0 saturated heterocycles. The number of aromatic nitrogens is 2. The van der Waals surface area contributed by atoms with E-state index in [4.69, 9.17) is 0 Å². The van der Waals surface area contributed by atoms with Gasteiger partial charge in [0, 0.05) is 33.4 Å². The molecule has 0 atom stereocenters. The molecule has 18 heavy (non-hydrogen) atoms. The van der Waals surface area contributed by atoms with Gasteiger partial charge in [0.1, 0.15) is 0 Å². The predicted molar refractivity (Wildman–Crippen MR) is 78.2 cm³/mol. The standard InChI is InChI=1S/C14H8N2S2/c1-2-9(11-8-16-18-13(11)3-1)14-10-5-7-17-12(10)4-6-15-14/h1-8H. The third-order valence-corrected chi connectivity index (χ3v) is 4.68. The van der Waals surface area contributed by atoms with Crippen LogP contribution in [0.25, 0.3) is 31.4 Å². The van der Waals surface area contributed by atoms with Gasteiger partial charge < -0.3 is 0 Å². The highest BCUT2D eigenvalue weighted by atomic mass is 32.1. The van der Waals surface area contributed by atoms with E-state index in [1.807, 2.05) is 12.4 Å². The van der Waals surface area contributed by atoms with Crippen LogP contribution in [0.1, 0.15) is 0 Å². The molecule has 0 N–H and O–H groups in total. The van der Waals surface area contributed by atoms with Crippen molar-refractivity contribution in [3.8, 4) is 11.3 Å². The number of thiophene rings is 1. The summed E-state index contributed by atoms with van der Waals surface area (Å²) < 4.78 is 6.76.